The second kappa shape index (κ2) is 12.2. The van der Waals surface area contributed by atoms with Gasteiger partial charge in [0.15, 0.2) is 12.3 Å². The lowest BCUT2D eigenvalue weighted by molar-refractivity contribution is -0.156. The maximum Gasteiger partial charge on any atom is 0.530 e. The molecule has 0 spiro atoms. The first-order chi connectivity index (χ1) is 18.3. The first-order valence-corrected chi connectivity index (χ1v) is 13.1. The third-order valence-corrected chi connectivity index (χ3v) is 6.74. The number of hydrogen-bond acceptors (Lipinski definition) is 10. The molecule has 2 aromatic rings. The van der Waals surface area contributed by atoms with Crippen molar-refractivity contribution < 1.29 is 46.3 Å². The van der Waals surface area contributed by atoms with Gasteiger partial charge in [-0.15, -0.1) is 5.92 Å². The number of para-hydroxylation sites is 1. The smallest absolute Gasteiger partial charge is 0.461 e. The van der Waals surface area contributed by atoms with E-state index in [1.165, 1.54) is 26.0 Å². The molecule has 1 aromatic carbocycles. The molecule has 0 aliphatic carbocycles. The highest BCUT2D eigenvalue weighted by Gasteiger charge is 2.58. The summed E-state index contributed by atoms with van der Waals surface area (Å²) < 4.78 is 70.3. The Morgan fingerprint density at radius 3 is 2.56 bits per heavy atom. The summed E-state index contributed by atoms with van der Waals surface area (Å²) >= 11 is 0. The van der Waals surface area contributed by atoms with Gasteiger partial charge in [0, 0.05) is 0 Å². The van der Waals surface area contributed by atoms with E-state index in [4.69, 9.17) is 23.0 Å². The first-order valence-electron chi connectivity index (χ1n) is 11.6. The molecular weight excluding hydrogens is 545 g/mol. The molecule has 1 aromatic heterocycles. The molecule has 2 N–H and O–H groups in total. The number of H-pyrrole nitrogens is 1. The van der Waals surface area contributed by atoms with Crippen LogP contribution in [0.1, 0.15) is 33.9 Å². The van der Waals surface area contributed by atoms with Crippen LogP contribution in [-0.4, -0.2) is 57.3 Å². The number of carbonyl (C=O) groups excluding carboxylic acids is 1. The van der Waals surface area contributed by atoms with Crippen molar-refractivity contribution in [2.24, 2.45) is 0 Å². The van der Waals surface area contributed by atoms with E-state index in [2.05, 4.69) is 11.8 Å². The van der Waals surface area contributed by atoms with Crippen LogP contribution in [0.5, 0.6) is 5.75 Å². The van der Waals surface area contributed by atoms with Crippen LogP contribution in [0.15, 0.2) is 46.1 Å². The molecule has 0 bridgehead atoms. The van der Waals surface area contributed by atoms with Crippen LogP contribution in [0.3, 0.4) is 0 Å². The van der Waals surface area contributed by atoms with Crippen LogP contribution in [0.4, 0.5) is 8.78 Å². The molecule has 1 aliphatic rings. The van der Waals surface area contributed by atoms with Crippen molar-refractivity contribution in [1.82, 2.24) is 9.55 Å². The summed E-state index contributed by atoms with van der Waals surface area (Å²) in [6.07, 6.45) is -7.35. The van der Waals surface area contributed by atoms with E-state index in [-0.39, 0.29) is 5.75 Å². The van der Waals surface area contributed by atoms with Gasteiger partial charge < -0.3 is 19.1 Å². The summed E-state index contributed by atoms with van der Waals surface area (Å²) in [5, 5.41) is 10.7. The Balaban J connectivity index is 1.89. The molecule has 3 rings (SSSR count). The maximum absolute atomic E-state index is 16.0. The number of alkyl halides is 1. The van der Waals surface area contributed by atoms with Crippen LogP contribution in [0.25, 0.3) is 0 Å². The first kappa shape index (κ1) is 30.2. The number of nitrogens with zero attached hydrogens (tertiary/aromatic N) is 1. The van der Waals surface area contributed by atoms with E-state index in [1.807, 2.05) is 0 Å². The number of rotatable bonds is 10. The highest BCUT2D eigenvalue weighted by atomic mass is 31.2. The van der Waals surface area contributed by atoms with E-state index in [9.17, 15) is 28.4 Å². The third kappa shape index (κ3) is 7.00. The van der Waals surface area contributed by atoms with Gasteiger partial charge in [-0.25, -0.2) is 18.5 Å². The zero-order valence-electron chi connectivity index (χ0n) is 21.3. The number of hydrogen-bond donors (Lipinski definition) is 2. The van der Waals surface area contributed by atoms with Crippen molar-refractivity contribution in [2.45, 2.75) is 64.0 Å². The molecule has 212 valence electrons. The predicted octanol–water partition coefficient (Wildman–Crippen LogP) is 2.23. The number of aromatic amines is 1. The molecule has 1 saturated heterocycles. The number of benzene rings is 1. The molecule has 12 nitrogen and oxygen atoms in total. The number of aromatic nitrogens is 2. The Morgan fingerprint density at radius 2 is 1.95 bits per heavy atom. The predicted molar refractivity (Wildman–Crippen MR) is 131 cm³/mol. The van der Waals surface area contributed by atoms with Gasteiger partial charge in [0.2, 0.25) is 11.5 Å². The lowest BCUT2D eigenvalue weighted by Crippen LogP contribution is -2.45. The third-order valence-electron chi connectivity index (χ3n) is 5.27. The second-order valence-electron chi connectivity index (χ2n) is 8.64. The van der Waals surface area contributed by atoms with Gasteiger partial charge in [0.05, 0.1) is 18.9 Å². The zero-order valence-corrected chi connectivity index (χ0v) is 22.2. The number of aliphatic hydroxyl groups excluding tert-OH is 1. The van der Waals surface area contributed by atoms with Gasteiger partial charge in [-0.1, -0.05) is 24.1 Å². The minimum Gasteiger partial charge on any atom is -0.461 e. The molecule has 15 heteroatoms. The van der Waals surface area contributed by atoms with Gasteiger partial charge in [0.1, 0.15) is 18.0 Å². The van der Waals surface area contributed by atoms with Crippen molar-refractivity contribution in [2.75, 3.05) is 6.61 Å². The summed E-state index contributed by atoms with van der Waals surface area (Å²) in [4.78, 5) is 37.6. The molecule has 2 heterocycles. The number of nitrogens with one attached hydrogen (secondary N) is 1. The Hall–Kier alpha value is -3.34. The standard InChI is InChI=1S/C24H27F2N2O10P/c1-5-11-24(26)19(29)18(36-22(24)28-12-17(25)20(30)27-23(28)32)13-34-39(33,38-16-9-7-6-8-10-16)37-15(4)21(31)35-14(2)3/h6-10,12,14-15,18-19,22,29H,13H2,1-4H3,(H,27,30,32)/t15-,18+,19-,22+,24?,39-/m0/s1. The number of aliphatic hydroxyl groups is 1. The fourth-order valence-corrected chi connectivity index (χ4v) is 4.87. The van der Waals surface area contributed by atoms with Gasteiger partial charge in [-0.2, -0.15) is 4.39 Å². The molecule has 0 amide bonds. The van der Waals surface area contributed by atoms with Crippen LogP contribution in [-0.2, 0) is 27.9 Å². The number of carbonyl (C=O) groups is 1. The minimum absolute atomic E-state index is 0.0305. The number of phosphoric acid groups is 1. The van der Waals surface area contributed by atoms with Crippen molar-refractivity contribution in [3.05, 3.63) is 63.2 Å². The van der Waals surface area contributed by atoms with E-state index in [0.29, 0.717) is 10.8 Å². The lowest BCUT2D eigenvalue weighted by atomic mass is 9.96. The Bertz CT molecular complexity index is 1400. The normalized spacial score (nSPS) is 24.9. The number of halogens is 2. The summed E-state index contributed by atoms with van der Waals surface area (Å²) in [7, 11) is -4.67. The lowest BCUT2D eigenvalue weighted by Gasteiger charge is -2.24. The van der Waals surface area contributed by atoms with Crippen molar-refractivity contribution >= 4 is 13.8 Å². The average Bonchev–Trinajstić information content (AvgIpc) is 3.10. The van der Waals surface area contributed by atoms with Gasteiger partial charge in [-0.05, 0) is 39.8 Å². The summed E-state index contributed by atoms with van der Waals surface area (Å²) in [5.41, 5.74) is -5.57. The fourth-order valence-electron chi connectivity index (χ4n) is 3.53. The minimum atomic E-state index is -4.67. The molecule has 6 atom stereocenters. The molecular formula is C24H27F2N2O10P. The average molecular weight is 572 g/mol. The van der Waals surface area contributed by atoms with Crippen LogP contribution in [0, 0.1) is 17.7 Å². The summed E-state index contributed by atoms with van der Waals surface area (Å²) in [6.45, 7) is 4.83. The maximum atomic E-state index is 16.0. The summed E-state index contributed by atoms with van der Waals surface area (Å²) in [6, 6.07) is 7.63. The molecule has 1 unspecified atom stereocenters. The Morgan fingerprint density at radius 1 is 1.28 bits per heavy atom. The van der Waals surface area contributed by atoms with Crippen molar-refractivity contribution in [3.63, 3.8) is 0 Å². The molecule has 1 aliphatic heterocycles. The highest BCUT2D eigenvalue weighted by molar-refractivity contribution is 7.49. The van der Waals surface area contributed by atoms with Gasteiger partial charge in [-0.3, -0.25) is 23.4 Å². The summed E-state index contributed by atoms with van der Waals surface area (Å²) in [5.74, 6) is 2.10. The Labute approximate surface area is 221 Å². The number of esters is 1. The highest BCUT2D eigenvalue weighted by Crippen LogP contribution is 2.52. The molecule has 39 heavy (non-hydrogen) atoms. The van der Waals surface area contributed by atoms with Crippen molar-refractivity contribution in [1.29, 1.82) is 0 Å². The number of phosphoric ester groups is 1. The van der Waals surface area contributed by atoms with Crippen LogP contribution < -0.4 is 15.8 Å². The second-order valence-corrected chi connectivity index (χ2v) is 10.2. The largest absolute Gasteiger partial charge is 0.530 e. The molecule has 1 fully saturated rings. The topological polar surface area (TPSA) is 155 Å². The van der Waals surface area contributed by atoms with Crippen molar-refractivity contribution in [3.8, 4) is 17.6 Å². The quantitative estimate of drug-likeness (QED) is 0.246. The zero-order chi connectivity index (χ0) is 29.0. The molecule has 0 radical (unpaired) electrons. The van der Waals surface area contributed by atoms with E-state index in [1.54, 1.807) is 37.0 Å². The van der Waals surface area contributed by atoms with E-state index >= 15 is 4.39 Å². The monoisotopic (exact) mass is 572 g/mol. The van der Waals surface area contributed by atoms with Crippen LogP contribution >= 0.6 is 7.82 Å². The number of ether oxygens (including phenoxy) is 2. The van der Waals surface area contributed by atoms with Crippen LogP contribution in [0.2, 0.25) is 0 Å². The van der Waals surface area contributed by atoms with E-state index < -0.39 is 73.8 Å². The van der Waals surface area contributed by atoms with Gasteiger partial charge >= 0.3 is 19.5 Å². The SMILES string of the molecule is CC#CC1(F)[C@@H](O)[C@@H](CO[P@](=O)(Oc2ccccc2)O[C@@H](C)C(=O)OC(C)C)O[C@H]1n1cc(F)c(=O)[nH]c1=O. The van der Waals surface area contributed by atoms with Gasteiger partial charge in [0.25, 0.3) is 5.56 Å². The fraction of sp³-hybridized carbons (Fsp3) is 0.458. The molecule has 0 saturated carbocycles. The van der Waals surface area contributed by atoms with E-state index in [0.717, 1.165) is 0 Å². The Kier molecular flexibility index (Phi) is 9.47.